The summed E-state index contributed by atoms with van der Waals surface area (Å²) in [5, 5.41) is 3.74. The summed E-state index contributed by atoms with van der Waals surface area (Å²) in [6, 6.07) is 7.85. The van der Waals surface area contributed by atoms with Gasteiger partial charge >= 0.3 is 0 Å². The summed E-state index contributed by atoms with van der Waals surface area (Å²) in [5.41, 5.74) is 3.95. The summed E-state index contributed by atoms with van der Waals surface area (Å²) >= 11 is 1.59. The predicted octanol–water partition coefficient (Wildman–Crippen LogP) is 3.92. The topological polar surface area (TPSA) is 64.0 Å². The Morgan fingerprint density at radius 3 is 2.74 bits per heavy atom. The lowest BCUT2D eigenvalue weighted by molar-refractivity contribution is -0.116. The summed E-state index contributed by atoms with van der Waals surface area (Å²) in [5.74, 6) is 1.13. The molecule has 1 atom stereocenters. The van der Waals surface area contributed by atoms with Gasteiger partial charge in [0.1, 0.15) is 0 Å². The van der Waals surface area contributed by atoms with Crippen LogP contribution in [0, 0.1) is 0 Å². The molecule has 2 heterocycles. The first-order chi connectivity index (χ1) is 13.0. The average Bonchev–Trinajstić information content (AvgIpc) is 3.05. The molecule has 1 aromatic heterocycles. The Labute approximate surface area is 163 Å². The lowest BCUT2D eigenvalue weighted by Crippen LogP contribution is -2.32. The highest BCUT2D eigenvalue weighted by Crippen LogP contribution is 2.34. The Bertz CT molecular complexity index is 918. The average molecular weight is 384 g/mol. The Balaban J connectivity index is 1.48. The minimum absolute atomic E-state index is 0.0598. The molecule has 1 aromatic carbocycles. The molecule has 142 valence electrons. The third kappa shape index (κ3) is 3.68. The molecule has 1 N–H and O–H groups in total. The lowest BCUT2D eigenvalue weighted by atomic mass is 9.97. The number of amides is 1. The SMILES string of the molecule is CC(C)c1ccc(NC(=O)CC2CSc3nc4c(c(=O)n32)CCCC4)cc1. The molecular formula is C21H25N3O2S. The van der Waals surface area contributed by atoms with E-state index in [0.717, 1.165) is 53.5 Å². The maximum absolute atomic E-state index is 12.9. The molecule has 4 rings (SSSR count). The van der Waals surface area contributed by atoms with Crippen LogP contribution in [0.2, 0.25) is 0 Å². The molecule has 1 aliphatic carbocycles. The second-order valence-corrected chi connectivity index (χ2v) is 8.68. The van der Waals surface area contributed by atoms with Crippen LogP contribution in [0.1, 0.15) is 61.9 Å². The smallest absolute Gasteiger partial charge is 0.257 e. The van der Waals surface area contributed by atoms with Crippen LogP contribution in [0.4, 0.5) is 5.69 Å². The largest absolute Gasteiger partial charge is 0.326 e. The van der Waals surface area contributed by atoms with Crippen LogP contribution in [-0.2, 0) is 17.6 Å². The number of nitrogens with zero attached hydrogens (tertiary/aromatic N) is 2. The van der Waals surface area contributed by atoms with Gasteiger partial charge in [-0.2, -0.15) is 0 Å². The number of thioether (sulfide) groups is 1. The van der Waals surface area contributed by atoms with Gasteiger partial charge in [0.05, 0.1) is 11.7 Å². The number of benzene rings is 1. The molecule has 0 bridgehead atoms. The summed E-state index contributed by atoms with van der Waals surface area (Å²) in [6.07, 6.45) is 4.17. The van der Waals surface area contributed by atoms with Crippen molar-refractivity contribution in [3.8, 4) is 0 Å². The van der Waals surface area contributed by atoms with Gasteiger partial charge in [0.2, 0.25) is 5.91 Å². The van der Waals surface area contributed by atoms with Gasteiger partial charge in [-0.3, -0.25) is 14.2 Å². The van der Waals surface area contributed by atoms with Crippen LogP contribution >= 0.6 is 11.8 Å². The third-order valence-electron chi connectivity index (χ3n) is 5.40. The molecule has 2 aliphatic rings. The van der Waals surface area contributed by atoms with Crippen LogP contribution < -0.4 is 10.9 Å². The number of nitrogens with one attached hydrogen (secondary N) is 1. The van der Waals surface area contributed by atoms with E-state index >= 15 is 0 Å². The van der Waals surface area contributed by atoms with E-state index in [9.17, 15) is 9.59 Å². The van der Waals surface area contributed by atoms with Crippen molar-refractivity contribution in [2.45, 2.75) is 63.1 Å². The number of hydrogen-bond donors (Lipinski definition) is 1. The number of fused-ring (bicyclic) bond motifs is 2. The van der Waals surface area contributed by atoms with E-state index in [4.69, 9.17) is 4.98 Å². The highest BCUT2D eigenvalue weighted by molar-refractivity contribution is 7.99. The molecule has 0 fully saturated rings. The molecule has 2 aromatic rings. The molecule has 6 heteroatoms. The van der Waals surface area contributed by atoms with E-state index in [-0.39, 0.29) is 17.5 Å². The zero-order valence-electron chi connectivity index (χ0n) is 15.8. The second-order valence-electron chi connectivity index (χ2n) is 7.70. The minimum atomic E-state index is -0.118. The fraction of sp³-hybridized carbons (Fsp3) is 0.476. The Kier molecular flexibility index (Phi) is 5.08. The monoisotopic (exact) mass is 383 g/mol. The molecule has 0 saturated carbocycles. The summed E-state index contributed by atoms with van der Waals surface area (Å²) < 4.78 is 1.76. The van der Waals surface area contributed by atoms with Crippen LogP contribution in [0.15, 0.2) is 34.2 Å². The lowest BCUT2D eigenvalue weighted by Gasteiger charge is -2.18. The van der Waals surface area contributed by atoms with E-state index in [1.54, 1.807) is 16.3 Å². The number of carbonyl (C=O) groups excluding carboxylic acids is 1. The van der Waals surface area contributed by atoms with Gasteiger partial charge in [-0.25, -0.2) is 4.98 Å². The predicted molar refractivity (Wildman–Crippen MR) is 109 cm³/mol. The maximum Gasteiger partial charge on any atom is 0.257 e. The number of aryl methyl sites for hydroxylation is 1. The van der Waals surface area contributed by atoms with Gasteiger partial charge in [-0.15, -0.1) is 0 Å². The highest BCUT2D eigenvalue weighted by Gasteiger charge is 2.30. The normalized spacial score (nSPS) is 18.3. The van der Waals surface area contributed by atoms with Crippen molar-refractivity contribution in [3.63, 3.8) is 0 Å². The van der Waals surface area contributed by atoms with Crippen molar-refractivity contribution < 1.29 is 4.79 Å². The van der Waals surface area contributed by atoms with Crippen molar-refractivity contribution in [2.24, 2.45) is 0 Å². The van der Waals surface area contributed by atoms with E-state index in [0.29, 0.717) is 12.3 Å². The van der Waals surface area contributed by atoms with E-state index in [1.165, 1.54) is 5.56 Å². The summed E-state index contributed by atoms with van der Waals surface area (Å²) in [6.45, 7) is 4.29. The van der Waals surface area contributed by atoms with Crippen molar-refractivity contribution >= 4 is 23.4 Å². The molecule has 27 heavy (non-hydrogen) atoms. The Morgan fingerprint density at radius 2 is 2.00 bits per heavy atom. The first-order valence-corrected chi connectivity index (χ1v) is 10.7. The minimum Gasteiger partial charge on any atom is -0.326 e. The Morgan fingerprint density at radius 1 is 1.26 bits per heavy atom. The number of rotatable bonds is 4. The standard InChI is InChI=1S/C21H25N3O2S/c1-13(2)14-7-9-15(10-8-14)22-19(25)11-16-12-27-21-23-18-6-4-3-5-17(18)20(26)24(16)21/h7-10,13,16H,3-6,11-12H2,1-2H3,(H,22,25). The first-order valence-electron chi connectivity index (χ1n) is 9.70. The first kappa shape index (κ1) is 18.3. The van der Waals surface area contributed by atoms with Gasteiger partial charge in [0.15, 0.2) is 5.16 Å². The van der Waals surface area contributed by atoms with Crippen molar-refractivity contribution in [1.29, 1.82) is 0 Å². The van der Waals surface area contributed by atoms with E-state index < -0.39 is 0 Å². The van der Waals surface area contributed by atoms with Gasteiger partial charge < -0.3 is 5.32 Å². The van der Waals surface area contributed by atoms with Crippen molar-refractivity contribution in [1.82, 2.24) is 9.55 Å². The molecule has 0 saturated heterocycles. The summed E-state index contributed by atoms with van der Waals surface area (Å²) in [4.78, 5) is 30.2. The van der Waals surface area contributed by atoms with Crippen molar-refractivity contribution in [2.75, 3.05) is 11.1 Å². The number of carbonyl (C=O) groups is 1. The zero-order chi connectivity index (χ0) is 19.0. The molecule has 5 nitrogen and oxygen atoms in total. The molecule has 1 unspecified atom stereocenters. The molecular weight excluding hydrogens is 358 g/mol. The van der Waals surface area contributed by atoms with Crippen LogP contribution in [0.5, 0.6) is 0 Å². The Hall–Kier alpha value is -2.08. The number of aromatic nitrogens is 2. The van der Waals surface area contributed by atoms with Gasteiger partial charge in [-0.1, -0.05) is 37.7 Å². The fourth-order valence-corrected chi connectivity index (χ4v) is 5.00. The molecule has 1 aliphatic heterocycles. The highest BCUT2D eigenvalue weighted by atomic mass is 32.2. The van der Waals surface area contributed by atoms with Crippen molar-refractivity contribution in [3.05, 3.63) is 51.4 Å². The van der Waals surface area contributed by atoms with E-state index in [1.807, 2.05) is 24.3 Å². The number of anilines is 1. The number of hydrogen-bond acceptors (Lipinski definition) is 4. The van der Waals surface area contributed by atoms with E-state index in [2.05, 4.69) is 19.2 Å². The molecule has 1 amide bonds. The molecule has 0 radical (unpaired) electrons. The fourth-order valence-electron chi connectivity index (χ4n) is 3.84. The van der Waals surface area contributed by atoms with Gasteiger partial charge in [0.25, 0.3) is 5.56 Å². The third-order valence-corrected chi connectivity index (χ3v) is 6.50. The van der Waals surface area contributed by atoms with Gasteiger partial charge in [-0.05, 0) is 49.3 Å². The zero-order valence-corrected chi connectivity index (χ0v) is 16.6. The maximum atomic E-state index is 12.9. The van der Waals surface area contributed by atoms with Crippen LogP contribution in [-0.4, -0.2) is 21.2 Å². The quantitative estimate of drug-likeness (QED) is 0.813. The van der Waals surface area contributed by atoms with Crippen LogP contribution in [0.3, 0.4) is 0 Å². The van der Waals surface area contributed by atoms with Crippen LogP contribution in [0.25, 0.3) is 0 Å². The second kappa shape index (κ2) is 7.50. The summed E-state index contributed by atoms with van der Waals surface area (Å²) in [7, 11) is 0. The molecule has 0 spiro atoms. The van der Waals surface area contributed by atoms with Gasteiger partial charge in [0, 0.05) is 23.4 Å².